The zero-order valence-electron chi connectivity index (χ0n) is 10.9. The second-order valence-corrected chi connectivity index (χ2v) is 7.06. The predicted molar refractivity (Wildman–Crippen MR) is 77.9 cm³/mol. The molecule has 1 aromatic rings. The maximum Gasteiger partial charge on any atom is 0.245 e. The van der Waals surface area contributed by atoms with E-state index in [2.05, 4.69) is 15.9 Å². The number of halogens is 1. The van der Waals surface area contributed by atoms with Gasteiger partial charge in [-0.15, -0.1) is 0 Å². The summed E-state index contributed by atoms with van der Waals surface area (Å²) in [6, 6.07) is 4.82. The van der Waals surface area contributed by atoms with E-state index in [0.717, 1.165) is 17.3 Å². The highest BCUT2D eigenvalue weighted by Crippen LogP contribution is 2.27. The second-order valence-electron chi connectivity index (χ2n) is 4.17. The number of hydrogen-bond donors (Lipinski definition) is 1. The molecule has 18 heavy (non-hydrogen) atoms. The number of nitrogens with two attached hydrogens (primary N) is 1. The molecule has 0 aliphatic heterocycles. The molecule has 0 atom stereocenters. The third-order valence-electron chi connectivity index (χ3n) is 3.09. The topological polar surface area (TPSA) is 63.4 Å². The standard InChI is InChI=1S/C12H19BrN2O2S/c1-4-10(5-2)15(3)18(16,17)12-7-6-9(13)8-11(12)14/h6-8,10H,4-5,14H2,1-3H3. The number of hydrogen-bond acceptors (Lipinski definition) is 3. The molecule has 0 amide bonds. The molecule has 0 saturated carbocycles. The molecular formula is C12H19BrN2O2S. The van der Waals surface area contributed by atoms with Gasteiger partial charge < -0.3 is 5.73 Å². The third-order valence-corrected chi connectivity index (χ3v) is 5.56. The Morgan fingerprint density at radius 3 is 2.33 bits per heavy atom. The fourth-order valence-corrected chi connectivity index (χ4v) is 3.89. The zero-order valence-corrected chi connectivity index (χ0v) is 13.3. The number of nitrogen functional groups attached to an aromatic ring is 1. The maximum atomic E-state index is 12.5. The summed E-state index contributed by atoms with van der Waals surface area (Å²) < 4.78 is 27.1. The Labute approximate surface area is 117 Å². The van der Waals surface area contributed by atoms with Gasteiger partial charge in [0.15, 0.2) is 0 Å². The van der Waals surface area contributed by atoms with Gasteiger partial charge in [-0.1, -0.05) is 29.8 Å². The van der Waals surface area contributed by atoms with Crippen molar-refractivity contribution in [2.45, 2.75) is 37.6 Å². The van der Waals surface area contributed by atoms with Gasteiger partial charge in [-0.3, -0.25) is 0 Å². The monoisotopic (exact) mass is 334 g/mol. The fraction of sp³-hybridized carbons (Fsp3) is 0.500. The second kappa shape index (κ2) is 6.04. The van der Waals surface area contributed by atoms with Gasteiger partial charge in [0.2, 0.25) is 10.0 Å². The smallest absolute Gasteiger partial charge is 0.245 e. The number of rotatable bonds is 5. The Morgan fingerprint density at radius 1 is 1.33 bits per heavy atom. The average Bonchev–Trinajstić information content (AvgIpc) is 2.29. The highest BCUT2D eigenvalue weighted by Gasteiger charge is 2.27. The van der Waals surface area contributed by atoms with Crippen LogP contribution in [0.5, 0.6) is 0 Å². The first-order chi connectivity index (χ1) is 8.34. The van der Waals surface area contributed by atoms with Crippen LogP contribution in [0.25, 0.3) is 0 Å². The first-order valence-corrected chi connectivity index (χ1v) is 8.10. The molecule has 0 saturated heterocycles. The largest absolute Gasteiger partial charge is 0.398 e. The van der Waals surface area contributed by atoms with Crippen molar-refractivity contribution in [1.29, 1.82) is 0 Å². The predicted octanol–water partition coefficient (Wildman–Crippen LogP) is 2.84. The Kier molecular flexibility index (Phi) is 5.19. The highest BCUT2D eigenvalue weighted by atomic mass is 79.9. The lowest BCUT2D eigenvalue weighted by atomic mass is 10.2. The van der Waals surface area contributed by atoms with E-state index in [1.54, 1.807) is 19.2 Å². The highest BCUT2D eigenvalue weighted by molar-refractivity contribution is 9.10. The molecule has 0 aliphatic carbocycles. The van der Waals surface area contributed by atoms with Crippen LogP contribution in [0.3, 0.4) is 0 Å². The van der Waals surface area contributed by atoms with E-state index in [1.807, 2.05) is 13.8 Å². The molecule has 0 fully saturated rings. The lowest BCUT2D eigenvalue weighted by Gasteiger charge is -2.26. The fourth-order valence-electron chi connectivity index (χ4n) is 1.91. The lowest BCUT2D eigenvalue weighted by molar-refractivity contribution is 0.350. The van der Waals surface area contributed by atoms with Crippen LogP contribution >= 0.6 is 15.9 Å². The van der Waals surface area contributed by atoms with E-state index < -0.39 is 10.0 Å². The summed E-state index contributed by atoms with van der Waals surface area (Å²) in [6.45, 7) is 3.95. The summed E-state index contributed by atoms with van der Waals surface area (Å²) >= 11 is 3.27. The molecule has 4 nitrogen and oxygen atoms in total. The number of anilines is 1. The minimum absolute atomic E-state index is 0.00181. The Balaban J connectivity index is 3.21. The van der Waals surface area contributed by atoms with Gasteiger partial charge in [-0.2, -0.15) is 4.31 Å². The van der Waals surface area contributed by atoms with Crippen LogP contribution in [0, 0.1) is 0 Å². The van der Waals surface area contributed by atoms with Crippen LogP contribution in [0.4, 0.5) is 5.69 Å². The van der Waals surface area contributed by atoms with Crippen molar-refractivity contribution >= 4 is 31.6 Å². The first kappa shape index (κ1) is 15.5. The molecule has 0 unspecified atom stereocenters. The summed E-state index contributed by atoms with van der Waals surface area (Å²) in [7, 11) is -1.92. The molecule has 6 heteroatoms. The van der Waals surface area contributed by atoms with E-state index >= 15 is 0 Å². The van der Waals surface area contributed by atoms with Crippen molar-refractivity contribution in [2.75, 3.05) is 12.8 Å². The van der Waals surface area contributed by atoms with Gasteiger partial charge in [0, 0.05) is 17.6 Å². The van der Waals surface area contributed by atoms with Gasteiger partial charge in [-0.25, -0.2) is 8.42 Å². The van der Waals surface area contributed by atoms with Crippen molar-refractivity contribution < 1.29 is 8.42 Å². The van der Waals surface area contributed by atoms with Gasteiger partial charge in [-0.05, 0) is 31.0 Å². The van der Waals surface area contributed by atoms with Crippen molar-refractivity contribution in [3.63, 3.8) is 0 Å². The molecule has 1 rings (SSSR count). The summed E-state index contributed by atoms with van der Waals surface area (Å²) in [5.74, 6) is 0. The number of benzene rings is 1. The minimum Gasteiger partial charge on any atom is -0.398 e. The molecule has 0 spiro atoms. The van der Waals surface area contributed by atoms with Crippen LogP contribution in [0.1, 0.15) is 26.7 Å². The molecule has 102 valence electrons. The molecule has 0 aliphatic rings. The molecular weight excluding hydrogens is 316 g/mol. The SMILES string of the molecule is CCC(CC)N(C)S(=O)(=O)c1ccc(Br)cc1N. The Bertz CT molecular complexity index is 513. The molecule has 0 bridgehead atoms. The van der Waals surface area contributed by atoms with E-state index in [-0.39, 0.29) is 16.6 Å². The van der Waals surface area contributed by atoms with Gasteiger partial charge in [0.25, 0.3) is 0 Å². The summed E-state index contributed by atoms with van der Waals surface area (Å²) in [6.07, 6.45) is 1.56. The van der Waals surface area contributed by atoms with Crippen molar-refractivity contribution in [2.24, 2.45) is 0 Å². The van der Waals surface area contributed by atoms with Crippen LogP contribution < -0.4 is 5.73 Å². The van der Waals surface area contributed by atoms with Gasteiger partial charge in [0.05, 0.1) is 5.69 Å². The van der Waals surface area contributed by atoms with Crippen LogP contribution in [-0.4, -0.2) is 25.8 Å². The Hall–Kier alpha value is -0.590. The molecule has 0 radical (unpaired) electrons. The molecule has 1 aromatic carbocycles. The van der Waals surface area contributed by atoms with Crippen LogP contribution in [0.2, 0.25) is 0 Å². The first-order valence-electron chi connectivity index (χ1n) is 5.87. The summed E-state index contributed by atoms with van der Waals surface area (Å²) in [5, 5.41) is 0. The molecule has 0 aromatic heterocycles. The van der Waals surface area contributed by atoms with Gasteiger partial charge in [0.1, 0.15) is 4.90 Å². The number of nitrogens with zero attached hydrogens (tertiary/aromatic N) is 1. The van der Waals surface area contributed by atoms with Crippen molar-refractivity contribution in [1.82, 2.24) is 4.31 Å². The van der Waals surface area contributed by atoms with Gasteiger partial charge >= 0.3 is 0 Å². The molecule has 0 heterocycles. The minimum atomic E-state index is -3.52. The summed E-state index contributed by atoms with van der Waals surface area (Å²) in [5.41, 5.74) is 6.06. The van der Waals surface area contributed by atoms with Crippen molar-refractivity contribution in [3.8, 4) is 0 Å². The average molecular weight is 335 g/mol. The van der Waals surface area contributed by atoms with E-state index in [0.29, 0.717) is 0 Å². The van der Waals surface area contributed by atoms with E-state index in [1.165, 1.54) is 10.4 Å². The normalized spacial score (nSPS) is 12.3. The lowest BCUT2D eigenvalue weighted by Crippen LogP contribution is -2.36. The maximum absolute atomic E-state index is 12.5. The van der Waals surface area contributed by atoms with Crippen LogP contribution in [0.15, 0.2) is 27.6 Å². The summed E-state index contributed by atoms with van der Waals surface area (Å²) in [4.78, 5) is 0.167. The third kappa shape index (κ3) is 3.05. The molecule has 2 N–H and O–H groups in total. The Morgan fingerprint density at radius 2 is 1.89 bits per heavy atom. The zero-order chi connectivity index (χ0) is 13.9. The quantitative estimate of drug-likeness (QED) is 0.842. The van der Waals surface area contributed by atoms with Crippen molar-refractivity contribution in [3.05, 3.63) is 22.7 Å². The van der Waals surface area contributed by atoms with E-state index in [4.69, 9.17) is 5.73 Å². The van der Waals surface area contributed by atoms with E-state index in [9.17, 15) is 8.42 Å². The van der Waals surface area contributed by atoms with Crippen LogP contribution in [-0.2, 0) is 10.0 Å². The number of sulfonamides is 1.